The fourth-order valence-corrected chi connectivity index (χ4v) is 2.29. The first-order valence-electron chi connectivity index (χ1n) is 8.34. The second kappa shape index (κ2) is 10.2. The molecular weight excluding hydrogens is 396 g/mol. The molecule has 2 rings (SSSR count). The number of carbonyl (C=O) groups excluding carboxylic acids is 2. The topological polar surface area (TPSA) is 138 Å². The van der Waals surface area contributed by atoms with Crippen LogP contribution in [0.3, 0.4) is 0 Å². The summed E-state index contributed by atoms with van der Waals surface area (Å²) < 4.78 is 20.0. The number of nitriles is 1. The predicted molar refractivity (Wildman–Crippen MR) is 103 cm³/mol. The lowest BCUT2D eigenvalue weighted by molar-refractivity contribution is -0.385. The molecule has 0 spiro atoms. The summed E-state index contributed by atoms with van der Waals surface area (Å²) in [6.07, 6.45) is 1.29. The normalized spacial score (nSPS) is 10.5. The number of para-hydroxylation sites is 2. The fourth-order valence-electron chi connectivity index (χ4n) is 2.29. The minimum absolute atomic E-state index is 0.0578. The maximum atomic E-state index is 12.1. The summed E-state index contributed by atoms with van der Waals surface area (Å²) in [6, 6.07) is 11.7. The van der Waals surface area contributed by atoms with E-state index in [0.717, 1.165) is 7.11 Å². The number of methoxy groups -OCH3 is 2. The minimum atomic E-state index is -0.818. The molecule has 0 aliphatic rings. The summed E-state index contributed by atoms with van der Waals surface area (Å²) in [6.45, 7) is -0.573. The average Bonchev–Trinajstić information content (AvgIpc) is 2.76. The Morgan fingerprint density at radius 1 is 1.13 bits per heavy atom. The van der Waals surface area contributed by atoms with E-state index >= 15 is 0 Å². The van der Waals surface area contributed by atoms with Gasteiger partial charge in [0.25, 0.3) is 0 Å². The summed E-state index contributed by atoms with van der Waals surface area (Å²) in [7, 11) is 2.50. The van der Waals surface area contributed by atoms with E-state index in [2.05, 4.69) is 4.74 Å². The van der Waals surface area contributed by atoms with E-state index < -0.39 is 23.5 Å². The average molecular weight is 412 g/mol. The van der Waals surface area contributed by atoms with E-state index in [1.54, 1.807) is 6.07 Å². The molecule has 0 radical (unpaired) electrons. The van der Waals surface area contributed by atoms with Gasteiger partial charge >= 0.3 is 17.6 Å². The molecular formula is C20H16N2O8. The summed E-state index contributed by atoms with van der Waals surface area (Å²) in [4.78, 5) is 33.9. The van der Waals surface area contributed by atoms with Crippen molar-refractivity contribution in [3.8, 4) is 23.3 Å². The highest BCUT2D eigenvalue weighted by Gasteiger charge is 2.17. The zero-order valence-electron chi connectivity index (χ0n) is 16.0. The van der Waals surface area contributed by atoms with Crippen LogP contribution in [0, 0.1) is 21.4 Å². The van der Waals surface area contributed by atoms with Crippen LogP contribution in [0.15, 0.2) is 48.0 Å². The van der Waals surface area contributed by atoms with Gasteiger partial charge in [0.05, 0.1) is 19.1 Å². The van der Waals surface area contributed by atoms with Crippen molar-refractivity contribution < 1.29 is 33.5 Å². The minimum Gasteiger partial charge on any atom is -0.493 e. The Hall–Kier alpha value is -4.39. The van der Waals surface area contributed by atoms with Crippen LogP contribution < -0.4 is 14.2 Å². The molecule has 0 amide bonds. The van der Waals surface area contributed by atoms with Gasteiger partial charge in [0.2, 0.25) is 0 Å². The zero-order chi connectivity index (χ0) is 22.1. The molecule has 0 atom stereocenters. The molecule has 0 unspecified atom stereocenters. The predicted octanol–water partition coefficient (Wildman–Crippen LogP) is 2.67. The molecule has 0 aromatic heterocycles. The van der Waals surface area contributed by atoms with Gasteiger partial charge in [0.15, 0.2) is 23.9 Å². The lowest BCUT2D eigenvalue weighted by atomic mass is 10.1. The number of esters is 2. The smallest absolute Gasteiger partial charge is 0.349 e. The largest absolute Gasteiger partial charge is 0.493 e. The molecule has 0 saturated carbocycles. The quantitative estimate of drug-likeness (QED) is 0.160. The number of nitro groups is 1. The third kappa shape index (κ3) is 5.56. The molecule has 0 N–H and O–H groups in total. The number of nitro benzene ring substituents is 1. The third-order valence-electron chi connectivity index (χ3n) is 3.66. The van der Waals surface area contributed by atoms with Crippen LogP contribution in [0.2, 0.25) is 0 Å². The number of rotatable bonds is 8. The van der Waals surface area contributed by atoms with E-state index in [1.165, 1.54) is 55.7 Å². The Balaban J connectivity index is 2.12. The Kier molecular flexibility index (Phi) is 7.47. The van der Waals surface area contributed by atoms with Gasteiger partial charge in [-0.25, -0.2) is 9.59 Å². The maximum absolute atomic E-state index is 12.1. The third-order valence-corrected chi connectivity index (χ3v) is 3.66. The molecule has 154 valence electrons. The van der Waals surface area contributed by atoms with Crippen molar-refractivity contribution >= 4 is 23.7 Å². The SMILES string of the molecule is COC(=O)/C(C#N)=C/c1ccc(OC(=O)COc2ccccc2[N+](=O)[O-])c(OC)c1. The monoisotopic (exact) mass is 412 g/mol. The van der Waals surface area contributed by atoms with Crippen LogP contribution in [0.1, 0.15) is 5.56 Å². The summed E-state index contributed by atoms with van der Waals surface area (Å²) >= 11 is 0. The summed E-state index contributed by atoms with van der Waals surface area (Å²) in [5, 5.41) is 20.0. The Morgan fingerprint density at radius 2 is 1.87 bits per heavy atom. The molecule has 0 aliphatic heterocycles. The van der Waals surface area contributed by atoms with Crippen molar-refractivity contribution in [2.75, 3.05) is 20.8 Å². The van der Waals surface area contributed by atoms with Crippen molar-refractivity contribution in [3.63, 3.8) is 0 Å². The molecule has 0 aliphatic carbocycles. The van der Waals surface area contributed by atoms with E-state index in [-0.39, 0.29) is 28.5 Å². The summed E-state index contributed by atoms with van der Waals surface area (Å²) in [5.41, 5.74) is -0.0650. The highest BCUT2D eigenvalue weighted by Crippen LogP contribution is 2.30. The first-order valence-corrected chi connectivity index (χ1v) is 8.34. The van der Waals surface area contributed by atoms with Gasteiger partial charge in [-0.2, -0.15) is 5.26 Å². The number of hydrogen-bond acceptors (Lipinski definition) is 9. The van der Waals surface area contributed by atoms with Gasteiger partial charge in [-0.05, 0) is 29.8 Å². The molecule has 2 aromatic rings. The van der Waals surface area contributed by atoms with Crippen LogP contribution in [0.4, 0.5) is 5.69 Å². The van der Waals surface area contributed by atoms with Gasteiger partial charge in [0, 0.05) is 6.07 Å². The molecule has 0 fully saturated rings. The van der Waals surface area contributed by atoms with E-state index in [4.69, 9.17) is 19.5 Å². The highest BCUT2D eigenvalue weighted by molar-refractivity contribution is 5.97. The summed E-state index contributed by atoms with van der Waals surface area (Å²) in [5.74, 6) is -1.47. The van der Waals surface area contributed by atoms with Crippen LogP contribution in [0.5, 0.6) is 17.2 Å². The van der Waals surface area contributed by atoms with Gasteiger partial charge in [-0.1, -0.05) is 18.2 Å². The van der Waals surface area contributed by atoms with Gasteiger partial charge in [0.1, 0.15) is 11.6 Å². The van der Waals surface area contributed by atoms with Crippen LogP contribution >= 0.6 is 0 Å². The number of nitrogens with zero attached hydrogens (tertiary/aromatic N) is 2. The van der Waals surface area contributed by atoms with E-state index in [9.17, 15) is 19.7 Å². The molecule has 30 heavy (non-hydrogen) atoms. The first kappa shape index (κ1) is 21.9. The molecule has 0 bridgehead atoms. The molecule has 2 aromatic carbocycles. The van der Waals surface area contributed by atoms with Crippen LogP contribution in [-0.4, -0.2) is 37.7 Å². The van der Waals surface area contributed by atoms with E-state index in [1.807, 2.05) is 0 Å². The molecule has 0 saturated heterocycles. The van der Waals surface area contributed by atoms with Crippen molar-refractivity contribution in [3.05, 3.63) is 63.7 Å². The Bertz CT molecular complexity index is 1040. The fraction of sp³-hybridized carbons (Fsp3) is 0.150. The van der Waals surface area contributed by atoms with Crippen molar-refractivity contribution in [1.82, 2.24) is 0 Å². The Labute approximate surface area is 171 Å². The van der Waals surface area contributed by atoms with E-state index in [0.29, 0.717) is 5.56 Å². The number of benzene rings is 2. The number of hydrogen-bond donors (Lipinski definition) is 0. The highest BCUT2D eigenvalue weighted by atomic mass is 16.6. The second-order valence-corrected chi connectivity index (χ2v) is 5.56. The van der Waals surface area contributed by atoms with Crippen LogP contribution in [-0.2, 0) is 14.3 Å². The van der Waals surface area contributed by atoms with Gasteiger partial charge in [-0.3, -0.25) is 10.1 Å². The maximum Gasteiger partial charge on any atom is 0.349 e. The lowest BCUT2D eigenvalue weighted by Gasteiger charge is -2.11. The van der Waals surface area contributed by atoms with Crippen molar-refractivity contribution in [2.24, 2.45) is 0 Å². The van der Waals surface area contributed by atoms with Crippen molar-refractivity contribution in [2.45, 2.75) is 0 Å². The van der Waals surface area contributed by atoms with Gasteiger partial charge in [-0.15, -0.1) is 0 Å². The molecule has 0 heterocycles. The number of carbonyl (C=O) groups is 2. The number of ether oxygens (including phenoxy) is 4. The molecule has 10 heteroatoms. The van der Waals surface area contributed by atoms with Gasteiger partial charge < -0.3 is 18.9 Å². The first-order chi connectivity index (χ1) is 14.4. The Morgan fingerprint density at radius 3 is 2.50 bits per heavy atom. The standard InChI is InChI=1S/C20H16N2O8/c1-27-18-10-13(9-14(11-21)20(24)28-2)7-8-17(18)30-19(23)12-29-16-6-4-3-5-15(16)22(25)26/h3-10H,12H2,1-2H3/b14-9+. The second-order valence-electron chi connectivity index (χ2n) is 5.56. The lowest BCUT2D eigenvalue weighted by Crippen LogP contribution is -2.18. The molecule has 10 nitrogen and oxygen atoms in total. The van der Waals surface area contributed by atoms with Crippen LogP contribution in [0.25, 0.3) is 6.08 Å². The zero-order valence-corrected chi connectivity index (χ0v) is 16.0. The van der Waals surface area contributed by atoms with Crippen molar-refractivity contribution in [1.29, 1.82) is 5.26 Å².